The van der Waals surface area contributed by atoms with Crippen LogP contribution in [0.3, 0.4) is 0 Å². The maximum absolute atomic E-state index is 12.3. The number of aromatic nitrogens is 1. The molecule has 0 saturated carbocycles. The second kappa shape index (κ2) is 8.73. The number of benzene rings is 2. The van der Waals surface area contributed by atoms with Gasteiger partial charge in [0.05, 0.1) is 18.5 Å². The van der Waals surface area contributed by atoms with Gasteiger partial charge in [-0.05, 0) is 67.1 Å². The van der Waals surface area contributed by atoms with Crippen LogP contribution in [0.2, 0.25) is 0 Å². The van der Waals surface area contributed by atoms with E-state index < -0.39 is 0 Å². The minimum Gasteiger partial charge on any atom is -0.497 e. The van der Waals surface area contributed by atoms with E-state index in [2.05, 4.69) is 15.6 Å². The molecule has 1 heterocycles. The molecular weight excluding hydrogens is 352 g/mol. The maximum atomic E-state index is 12.3. The Morgan fingerprint density at radius 2 is 1.93 bits per heavy atom. The molecule has 2 aromatic carbocycles. The molecule has 28 heavy (non-hydrogen) atoms. The molecule has 0 atom stereocenters. The van der Waals surface area contributed by atoms with Crippen molar-refractivity contribution in [3.05, 3.63) is 78.0 Å². The van der Waals surface area contributed by atoms with E-state index in [1.807, 2.05) is 55.5 Å². The Kier molecular flexibility index (Phi) is 5.91. The largest absolute Gasteiger partial charge is 0.497 e. The number of ether oxygens (including phenoxy) is 1. The fraction of sp³-hybridized carbons (Fsp3) is 0.0909. The van der Waals surface area contributed by atoms with E-state index in [0.717, 1.165) is 22.6 Å². The number of anilines is 4. The van der Waals surface area contributed by atoms with Gasteiger partial charge < -0.3 is 21.1 Å². The number of pyridine rings is 1. The second-order valence-electron chi connectivity index (χ2n) is 6.21. The van der Waals surface area contributed by atoms with Gasteiger partial charge in [0.15, 0.2) is 0 Å². The van der Waals surface area contributed by atoms with E-state index >= 15 is 0 Å². The average Bonchev–Trinajstić information content (AvgIpc) is 2.71. The lowest BCUT2D eigenvalue weighted by atomic mass is 10.2. The number of nitrogens with one attached hydrogen (secondary N) is 2. The predicted octanol–water partition coefficient (Wildman–Crippen LogP) is 4.38. The number of hydrogen-bond acceptors (Lipinski definition) is 5. The van der Waals surface area contributed by atoms with E-state index in [1.54, 1.807) is 25.4 Å². The summed E-state index contributed by atoms with van der Waals surface area (Å²) in [6.07, 6.45) is 4.86. The molecule has 0 fully saturated rings. The number of rotatable bonds is 6. The van der Waals surface area contributed by atoms with Crippen LogP contribution < -0.4 is 21.1 Å². The number of nitrogens with zero attached hydrogens (tertiary/aromatic N) is 1. The molecule has 0 unspecified atom stereocenters. The number of carbonyl (C=O) groups is 1. The predicted molar refractivity (Wildman–Crippen MR) is 114 cm³/mol. The van der Waals surface area contributed by atoms with Gasteiger partial charge in [-0.3, -0.25) is 4.79 Å². The Bertz CT molecular complexity index is 998. The van der Waals surface area contributed by atoms with Crippen LogP contribution in [0.25, 0.3) is 6.08 Å². The zero-order valence-corrected chi connectivity index (χ0v) is 15.8. The Morgan fingerprint density at radius 1 is 1.14 bits per heavy atom. The SMILES string of the molecule is COc1ccc(Nc2ncccc2/C=C/C(=O)Nc2cc(C)ccc2N)cc1. The van der Waals surface area contributed by atoms with Crippen LogP contribution in [-0.4, -0.2) is 18.0 Å². The van der Waals surface area contributed by atoms with E-state index in [1.165, 1.54) is 6.08 Å². The first-order chi connectivity index (χ1) is 13.5. The third kappa shape index (κ3) is 4.88. The summed E-state index contributed by atoms with van der Waals surface area (Å²) < 4.78 is 5.16. The molecular formula is C22H22N4O2. The van der Waals surface area contributed by atoms with Crippen molar-refractivity contribution in [1.29, 1.82) is 0 Å². The highest BCUT2D eigenvalue weighted by molar-refractivity contribution is 6.04. The van der Waals surface area contributed by atoms with Crippen molar-refractivity contribution in [3.8, 4) is 5.75 Å². The molecule has 0 aliphatic rings. The first kappa shape index (κ1) is 19.0. The van der Waals surface area contributed by atoms with Gasteiger partial charge >= 0.3 is 0 Å². The summed E-state index contributed by atoms with van der Waals surface area (Å²) in [6.45, 7) is 1.94. The average molecular weight is 374 g/mol. The van der Waals surface area contributed by atoms with E-state index in [-0.39, 0.29) is 5.91 Å². The third-order valence-electron chi connectivity index (χ3n) is 4.07. The van der Waals surface area contributed by atoms with E-state index in [4.69, 9.17) is 10.5 Å². The molecule has 3 aromatic rings. The van der Waals surface area contributed by atoms with Gasteiger partial charge in [-0.15, -0.1) is 0 Å². The highest BCUT2D eigenvalue weighted by Crippen LogP contribution is 2.22. The highest BCUT2D eigenvalue weighted by Gasteiger charge is 2.05. The van der Waals surface area contributed by atoms with Crippen molar-refractivity contribution in [2.75, 3.05) is 23.5 Å². The summed E-state index contributed by atoms with van der Waals surface area (Å²) in [5.41, 5.74) is 9.70. The molecule has 0 saturated heterocycles. The first-order valence-electron chi connectivity index (χ1n) is 8.76. The molecule has 6 nitrogen and oxygen atoms in total. The monoisotopic (exact) mass is 374 g/mol. The molecule has 1 aromatic heterocycles. The van der Waals surface area contributed by atoms with Crippen molar-refractivity contribution in [2.45, 2.75) is 6.92 Å². The van der Waals surface area contributed by atoms with Gasteiger partial charge in [0.2, 0.25) is 5.91 Å². The van der Waals surface area contributed by atoms with Crippen LogP contribution in [-0.2, 0) is 4.79 Å². The molecule has 6 heteroatoms. The highest BCUT2D eigenvalue weighted by atomic mass is 16.5. The molecule has 0 aliphatic carbocycles. The summed E-state index contributed by atoms with van der Waals surface area (Å²) in [5, 5.41) is 6.04. The molecule has 3 rings (SSSR count). The standard InChI is InChI=1S/C22H22N4O2/c1-15-5-11-19(23)20(14-15)26-21(27)12-6-16-4-3-13-24-22(16)25-17-7-9-18(28-2)10-8-17/h3-14H,23H2,1-2H3,(H,24,25)(H,26,27)/b12-6+. The number of hydrogen-bond donors (Lipinski definition) is 3. The van der Waals surface area contributed by atoms with Crippen LogP contribution >= 0.6 is 0 Å². The summed E-state index contributed by atoms with van der Waals surface area (Å²) in [5.74, 6) is 1.15. The van der Waals surface area contributed by atoms with Crippen LogP contribution in [0.5, 0.6) is 5.75 Å². The number of amides is 1. The van der Waals surface area contributed by atoms with Gasteiger partial charge in [-0.25, -0.2) is 4.98 Å². The van der Waals surface area contributed by atoms with Gasteiger partial charge in [0.1, 0.15) is 11.6 Å². The van der Waals surface area contributed by atoms with Crippen LogP contribution in [0.1, 0.15) is 11.1 Å². The Hall–Kier alpha value is -3.80. The van der Waals surface area contributed by atoms with Gasteiger partial charge in [-0.1, -0.05) is 6.07 Å². The van der Waals surface area contributed by atoms with Crippen molar-refractivity contribution in [1.82, 2.24) is 4.98 Å². The summed E-state index contributed by atoms with van der Waals surface area (Å²) in [7, 11) is 1.62. The van der Waals surface area contributed by atoms with Crippen molar-refractivity contribution >= 4 is 34.9 Å². The van der Waals surface area contributed by atoms with Crippen molar-refractivity contribution in [3.63, 3.8) is 0 Å². The number of nitrogen functional groups attached to an aromatic ring is 1. The maximum Gasteiger partial charge on any atom is 0.248 e. The molecule has 142 valence electrons. The van der Waals surface area contributed by atoms with Gasteiger partial charge in [0.25, 0.3) is 0 Å². The Morgan fingerprint density at radius 3 is 2.68 bits per heavy atom. The minimum absolute atomic E-state index is 0.267. The fourth-order valence-electron chi connectivity index (χ4n) is 2.59. The van der Waals surface area contributed by atoms with E-state index in [0.29, 0.717) is 17.2 Å². The molecule has 0 aliphatic heterocycles. The first-order valence-corrected chi connectivity index (χ1v) is 8.76. The zero-order valence-electron chi connectivity index (χ0n) is 15.8. The zero-order chi connectivity index (χ0) is 19.9. The van der Waals surface area contributed by atoms with Crippen molar-refractivity contribution < 1.29 is 9.53 Å². The van der Waals surface area contributed by atoms with Crippen LogP contribution in [0.15, 0.2) is 66.9 Å². The second-order valence-corrected chi connectivity index (χ2v) is 6.21. The van der Waals surface area contributed by atoms with E-state index in [9.17, 15) is 4.79 Å². The fourth-order valence-corrected chi connectivity index (χ4v) is 2.59. The lowest BCUT2D eigenvalue weighted by molar-refractivity contribution is -0.111. The summed E-state index contributed by atoms with van der Waals surface area (Å²) in [6, 6.07) is 16.7. The van der Waals surface area contributed by atoms with Crippen molar-refractivity contribution in [2.24, 2.45) is 0 Å². The van der Waals surface area contributed by atoms with Crippen LogP contribution in [0.4, 0.5) is 22.9 Å². The normalized spacial score (nSPS) is 10.6. The van der Waals surface area contributed by atoms with Crippen LogP contribution in [0, 0.1) is 6.92 Å². The Labute approximate surface area is 164 Å². The molecule has 1 amide bonds. The summed E-state index contributed by atoms with van der Waals surface area (Å²) in [4.78, 5) is 16.6. The number of nitrogens with two attached hydrogens (primary N) is 1. The smallest absolute Gasteiger partial charge is 0.248 e. The van der Waals surface area contributed by atoms with Gasteiger partial charge in [-0.2, -0.15) is 0 Å². The Balaban J connectivity index is 1.73. The van der Waals surface area contributed by atoms with Gasteiger partial charge in [0, 0.05) is 23.5 Å². The molecule has 0 radical (unpaired) electrons. The lowest BCUT2D eigenvalue weighted by Gasteiger charge is -2.09. The quantitative estimate of drug-likeness (QED) is 0.440. The third-order valence-corrected chi connectivity index (χ3v) is 4.07. The summed E-state index contributed by atoms with van der Waals surface area (Å²) >= 11 is 0. The number of methoxy groups -OCH3 is 1. The lowest BCUT2D eigenvalue weighted by Crippen LogP contribution is -2.10. The number of carbonyl (C=O) groups excluding carboxylic acids is 1. The molecule has 0 spiro atoms. The topological polar surface area (TPSA) is 89.3 Å². The number of aryl methyl sites for hydroxylation is 1. The molecule has 0 bridgehead atoms. The minimum atomic E-state index is -0.267. The molecule has 4 N–H and O–H groups in total.